The third kappa shape index (κ3) is 3.79. The van der Waals surface area contributed by atoms with Crippen LogP contribution in [-0.4, -0.2) is 6.71 Å². The van der Waals surface area contributed by atoms with Gasteiger partial charge in [-0.25, -0.2) is 0 Å². The lowest BCUT2D eigenvalue weighted by molar-refractivity contribution is 0.454. The van der Waals surface area contributed by atoms with Gasteiger partial charge in [0.05, 0.1) is 7.14 Å². The fraction of sp³-hybridized carbons (Fsp3) is 0.143. The summed E-state index contributed by atoms with van der Waals surface area (Å²) in [6, 6.07) is 0. The van der Waals surface area contributed by atoms with Crippen LogP contribution in [0.4, 0.5) is 0 Å². The largest absolute Gasteiger partial charge is 0.458 e. The van der Waals surface area contributed by atoms with Crippen LogP contribution < -0.4 is 25.9 Å². The van der Waals surface area contributed by atoms with E-state index >= 15 is 0 Å². The molecule has 2 nitrogen and oxygen atoms in total. The van der Waals surface area contributed by atoms with Gasteiger partial charge in [0.25, 0.3) is 6.71 Å². The molecule has 2 aliphatic heterocycles. The molecule has 0 fully saturated rings. The lowest BCUT2D eigenvalue weighted by atomic mass is 9.34. The second-order valence-corrected chi connectivity index (χ2v) is 16.2. The van der Waals surface area contributed by atoms with Crippen LogP contribution in [0.3, 0.4) is 0 Å². The highest BCUT2D eigenvalue weighted by molar-refractivity contribution is 14.1. The molecule has 0 saturated carbocycles. The predicted octanol–water partition coefficient (Wildman–Crippen LogP) is 8.18. The molecular formula is C21H9BI8O2. The Bertz CT molecular complexity index is 1260. The van der Waals surface area contributed by atoms with E-state index < -0.39 is 0 Å². The lowest BCUT2D eigenvalue weighted by Crippen LogP contribution is -2.60. The number of ether oxygens (including phenoxy) is 2. The smallest absolute Gasteiger partial charge is 0.263 e. The van der Waals surface area contributed by atoms with E-state index in [4.69, 9.17) is 9.47 Å². The molecule has 0 spiro atoms. The molecule has 0 unspecified atom stereocenters. The summed E-state index contributed by atoms with van der Waals surface area (Å²) in [7, 11) is 0. The SMILES string of the molecule is Cc1c(C)c2c(c(I)c1I)B1c3c(I)c(I)c(I)c(I)c3Oc3c(I)c(I)c(C)c(c31)O2. The molecule has 0 radical (unpaired) electrons. The summed E-state index contributed by atoms with van der Waals surface area (Å²) < 4.78 is 23.5. The van der Waals surface area contributed by atoms with Crippen LogP contribution in [0.5, 0.6) is 23.0 Å². The van der Waals surface area contributed by atoms with Gasteiger partial charge in [-0.05, 0) is 224 Å². The lowest BCUT2D eigenvalue weighted by Gasteiger charge is -2.37. The van der Waals surface area contributed by atoms with Gasteiger partial charge in [0.15, 0.2) is 0 Å². The topological polar surface area (TPSA) is 18.5 Å². The highest BCUT2D eigenvalue weighted by atomic mass is 127. The van der Waals surface area contributed by atoms with E-state index in [0.29, 0.717) is 0 Å². The van der Waals surface area contributed by atoms with Crippen LogP contribution in [0.1, 0.15) is 16.7 Å². The van der Waals surface area contributed by atoms with Gasteiger partial charge in [0, 0.05) is 32.4 Å². The standard InChI is InChI=1S/C21H9BI8O2/c1-4-5(2)18-7(12(25)10(4)23)22-8-13(26)14(27)15(28)17(30)20(8)32-21-9(22)19(31-18)6(3)11(24)16(21)29/h1-3H3. The highest BCUT2D eigenvalue weighted by Crippen LogP contribution is 2.46. The maximum atomic E-state index is 6.77. The molecule has 0 atom stereocenters. The molecule has 3 aromatic rings. The van der Waals surface area contributed by atoms with Crippen molar-refractivity contribution in [3.8, 4) is 23.0 Å². The minimum Gasteiger partial charge on any atom is -0.458 e. The molecule has 32 heavy (non-hydrogen) atoms. The van der Waals surface area contributed by atoms with E-state index in [-0.39, 0.29) is 6.71 Å². The second kappa shape index (κ2) is 9.72. The molecule has 0 amide bonds. The Balaban J connectivity index is 2.03. The van der Waals surface area contributed by atoms with Crippen molar-refractivity contribution in [1.29, 1.82) is 0 Å². The van der Waals surface area contributed by atoms with Crippen LogP contribution in [0.2, 0.25) is 0 Å². The van der Waals surface area contributed by atoms with Crippen molar-refractivity contribution in [2.75, 3.05) is 0 Å². The van der Waals surface area contributed by atoms with E-state index in [1.807, 2.05) is 0 Å². The monoisotopic (exact) mass is 1320 g/mol. The van der Waals surface area contributed by atoms with Gasteiger partial charge in [-0.3, -0.25) is 0 Å². The zero-order chi connectivity index (χ0) is 23.4. The number of rotatable bonds is 0. The Kier molecular flexibility index (Phi) is 8.13. The molecule has 0 aromatic heterocycles. The number of hydrogen-bond donors (Lipinski definition) is 0. The minimum atomic E-state index is 0.0855. The highest BCUT2D eigenvalue weighted by Gasteiger charge is 2.47. The van der Waals surface area contributed by atoms with Crippen molar-refractivity contribution in [1.82, 2.24) is 0 Å². The van der Waals surface area contributed by atoms with Crippen LogP contribution in [0, 0.1) is 49.3 Å². The maximum absolute atomic E-state index is 6.77. The average molecular weight is 1320 g/mol. The summed E-state index contributed by atoms with van der Waals surface area (Å²) in [6.07, 6.45) is 0. The number of fused-ring (bicyclic) bond motifs is 4. The molecule has 0 saturated heterocycles. The van der Waals surface area contributed by atoms with Crippen molar-refractivity contribution in [3.63, 3.8) is 0 Å². The Labute approximate surface area is 296 Å². The number of halogens is 8. The summed E-state index contributed by atoms with van der Waals surface area (Å²) in [5, 5.41) is 0. The van der Waals surface area contributed by atoms with Gasteiger partial charge in [0.1, 0.15) is 23.0 Å². The van der Waals surface area contributed by atoms with Gasteiger partial charge in [-0.2, -0.15) is 0 Å². The molecule has 0 bridgehead atoms. The normalized spacial score (nSPS) is 13.3. The first-order chi connectivity index (χ1) is 15.0. The summed E-state index contributed by atoms with van der Waals surface area (Å²) in [5.41, 5.74) is 7.43. The third-order valence-corrected chi connectivity index (χ3v) is 20.3. The Morgan fingerprint density at radius 2 is 0.812 bits per heavy atom. The fourth-order valence-corrected chi connectivity index (χ4v) is 10.8. The zero-order valence-corrected chi connectivity index (χ0v) is 33.7. The molecule has 3 aromatic carbocycles. The number of hydrogen-bond acceptors (Lipinski definition) is 2. The summed E-state index contributed by atoms with van der Waals surface area (Å²) in [6.45, 7) is 6.65. The quantitative estimate of drug-likeness (QED) is 0.0675. The Morgan fingerprint density at radius 3 is 1.47 bits per heavy atom. The zero-order valence-electron chi connectivity index (χ0n) is 16.4. The van der Waals surface area contributed by atoms with E-state index in [1.165, 1.54) is 58.1 Å². The third-order valence-electron chi connectivity index (χ3n) is 5.99. The van der Waals surface area contributed by atoms with Gasteiger partial charge in [-0.1, -0.05) is 0 Å². The molecule has 5 rings (SSSR count). The summed E-state index contributed by atoms with van der Waals surface area (Å²) >= 11 is 19.8. The summed E-state index contributed by atoms with van der Waals surface area (Å²) in [4.78, 5) is 0. The predicted molar refractivity (Wildman–Crippen MR) is 200 cm³/mol. The number of benzene rings is 3. The molecule has 164 valence electrons. The van der Waals surface area contributed by atoms with E-state index in [9.17, 15) is 0 Å². The summed E-state index contributed by atoms with van der Waals surface area (Å²) in [5.74, 6) is 3.93. The molecule has 0 N–H and O–H groups in total. The molecular weight excluding hydrogens is 1310 g/mol. The first kappa shape index (κ1) is 26.8. The first-order valence-corrected chi connectivity index (χ1v) is 17.8. The van der Waals surface area contributed by atoms with Crippen LogP contribution >= 0.6 is 181 Å². The van der Waals surface area contributed by atoms with Crippen LogP contribution in [0.15, 0.2) is 0 Å². The van der Waals surface area contributed by atoms with E-state index in [0.717, 1.165) is 26.6 Å². The van der Waals surface area contributed by atoms with E-state index in [2.05, 4.69) is 201 Å². The maximum Gasteiger partial charge on any atom is 0.263 e. The molecule has 11 heteroatoms. The Hall–Kier alpha value is 3.16. The van der Waals surface area contributed by atoms with Crippen molar-refractivity contribution in [2.24, 2.45) is 0 Å². The average Bonchev–Trinajstić information content (AvgIpc) is 2.79. The van der Waals surface area contributed by atoms with Gasteiger partial charge in [0.2, 0.25) is 0 Å². The van der Waals surface area contributed by atoms with Gasteiger partial charge < -0.3 is 9.47 Å². The van der Waals surface area contributed by atoms with Crippen molar-refractivity contribution in [2.45, 2.75) is 20.8 Å². The fourth-order valence-electron chi connectivity index (χ4n) is 4.21. The minimum absolute atomic E-state index is 0.0855. The van der Waals surface area contributed by atoms with Gasteiger partial charge in [-0.15, -0.1) is 0 Å². The van der Waals surface area contributed by atoms with Crippen molar-refractivity contribution >= 4 is 204 Å². The molecule has 2 heterocycles. The molecule has 2 aliphatic rings. The van der Waals surface area contributed by atoms with E-state index in [1.54, 1.807) is 0 Å². The van der Waals surface area contributed by atoms with Crippen LogP contribution in [-0.2, 0) is 0 Å². The van der Waals surface area contributed by atoms with Crippen LogP contribution in [0.25, 0.3) is 0 Å². The van der Waals surface area contributed by atoms with Gasteiger partial charge >= 0.3 is 0 Å². The van der Waals surface area contributed by atoms with Crippen molar-refractivity contribution in [3.05, 3.63) is 45.3 Å². The Morgan fingerprint density at radius 1 is 0.406 bits per heavy atom. The first-order valence-electron chi connectivity index (χ1n) is 9.19. The molecule has 0 aliphatic carbocycles. The van der Waals surface area contributed by atoms with Crippen molar-refractivity contribution < 1.29 is 9.47 Å². The second-order valence-electron chi connectivity index (χ2n) is 7.58.